The van der Waals surface area contributed by atoms with Gasteiger partial charge in [-0.1, -0.05) is 19.9 Å². The lowest BCUT2D eigenvalue weighted by atomic mass is 10.3. The standard InChI is InChI=1S/C5H5N.C4H10O3S/c1-2-4-6-5-3-1;1-4(2)3-8(5,6)7/h1-5H;4H,3H2,1-2H3,(H,5,6,7). The van der Waals surface area contributed by atoms with E-state index in [1.54, 1.807) is 26.2 Å². The van der Waals surface area contributed by atoms with Gasteiger partial charge in [0.15, 0.2) is 0 Å². The van der Waals surface area contributed by atoms with Crippen LogP contribution in [0.3, 0.4) is 0 Å². The van der Waals surface area contributed by atoms with E-state index in [0.717, 1.165) is 0 Å². The van der Waals surface area contributed by atoms with Gasteiger partial charge in [-0.2, -0.15) is 8.42 Å². The zero-order valence-electron chi connectivity index (χ0n) is 8.29. The Bertz CT molecular complexity index is 294. The Hall–Kier alpha value is -0.940. The van der Waals surface area contributed by atoms with E-state index in [4.69, 9.17) is 4.55 Å². The van der Waals surface area contributed by atoms with Gasteiger partial charge in [0.25, 0.3) is 10.1 Å². The summed E-state index contributed by atoms with van der Waals surface area (Å²) in [6.07, 6.45) is 3.50. The Morgan fingerprint density at radius 3 is 1.79 bits per heavy atom. The van der Waals surface area contributed by atoms with Crippen molar-refractivity contribution < 1.29 is 13.0 Å². The topological polar surface area (TPSA) is 67.3 Å². The molecule has 0 spiro atoms. The zero-order valence-corrected chi connectivity index (χ0v) is 9.11. The van der Waals surface area contributed by atoms with Gasteiger partial charge in [-0.15, -0.1) is 0 Å². The molecular formula is C9H15NO3S. The lowest BCUT2D eigenvalue weighted by molar-refractivity contribution is 0.473. The summed E-state index contributed by atoms with van der Waals surface area (Å²) in [4.78, 5) is 3.78. The van der Waals surface area contributed by atoms with E-state index in [9.17, 15) is 8.42 Å². The minimum atomic E-state index is -3.72. The summed E-state index contributed by atoms with van der Waals surface area (Å²) < 4.78 is 28.2. The van der Waals surface area contributed by atoms with Crippen LogP contribution in [0.5, 0.6) is 0 Å². The Kier molecular flexibility index (Phi) is 6.07. The van der Waals surface area contributed by atoms with Crippen LogP contribution < -0.4 is 0 Å². The molecule has 1 aromatic heterocycles. The fourth-order valence-electron chi connectivity index (χ4n) is 0.734. The first-order valence-corrected chi connectivity index (χ1v) is 5.83. The van der Waals surface area contributed by atoms with Crippen molar-refractivity contribution in [3.8, 4) is 0 Å². The van der Waals surface area contributed by atoms with E-state index in [1.165, 1.54) is 0 Å². The van der Waals surface area contributed by atoms with Gasteiger partial charge in [-0.05, 0) is 18.1 Å². The third-order valence-corrected chi connectivity index (χ3v) is 2.20. The molecule has 5 heteroatoms. The SMILES string of the molecule is CC(C)CS(=O)(=O)O.c1ccncc1. The summed E-state index contributed by atoms with van der Waals surface area (Å²) in [7, 11) is -3.72. The first kappa shape index (κ1) is 13.1. The highest BCUT2D eigenvalue weighted by atomic mass is 32.2. The molecule has 0 saturated heterocycles. The molecule has 0 aliphatic heterocycles. The van der Waals surface area contributed by atoms with Crippen molar-refractivity contribution in [1.82, 2.24) is 4.98 Å². The van der Waals surface area contributed by atoms with Gasteiger partial charge in [0, 0.05) is 12.4 Å². The van der Waals surface area contributed by atoms with Crippen LogP contribution >= 0.6 is 0 Å². The molecule has 1 rings (SSSR count). The molecule has 4 nitrogen and oxygen atoms in total. The predicted molar refractivity (Wildman–Crippen MR) is 55.5 cm³/mol. The summed E-state index contributed by atoms with van der Waals surface area (Å²) in [6, 6.07) is 5.72. The van der Waals surface area contributed by atoms with Crippen molar-refractivity contribution >= 4 is 10.1 Å². The predicted octanol–water partition coefficient (Wildman–Crippen LogP) is 1.61. The van der Waals surface area contributed by atoms with Gasteiger partial charge in [0.2, 0.25) is 0 Å². The van der Waals surface area contributed by atoms with E-state index in [-0.39, 0.29) is 11.7 Å². The zero-order chi connectivity index (χ0) is 11.0. The number of aromatic nitrogens is 1. The molecule has 14 heavy (non-hydrogen) atoms. The van der Waals surface area contributed by atoms with Gasteiger partial charge in [0.05, 0.1) is 5.75 Å². The summed E-state index contributed by atoms with van der Waals surface area (Å²) in [5.74, 6) is -0.141. The molecule has 0 saturated carbocycles. The Morgan fingerprint density at radius 2 is 1.71 bits per heavy atom. The van der Waals surface area contributed by atoms with Crippen LogP contribution in [0.25, 0.3) is 0 Å². The summed E-state index contributed by atoms with van der Waals surface area (Å²) in [5, 5.41) is 0. The van der Waals surface area contributed by atoms with Gasteiger partial charge in [-0.25, -0.2) is 0 Å². The van der Waals surface area contributed by atoms with Crippen LogP contribution in [0.2, 0.25) is 0 Å². The Labute approximate surface area is 84.7 Å². The number of hydrogen-bond acceptors (Lipinski definition) is 3. The molecule has 0 atom stereocenters. The quantitative estimate of drug-likeness (QED) is 0.764. The summed E-state index contributed by atoms with van der Waals surface area (Å²) in [5.41, 5.74) is 0. The second-order valence-electron chi connectivity index (χ2n) is 3.17. The van der Waals surface area contributed by atoms with Gasteiger partial charge < -0.3 is 0 Å². The molecule has 1 aromatic rings. The molecule has 0 aliphatic rings. The first-order valence-electron chi connectivity index (χ1n) is 4.22. The number of rotatable bonds is 2. The average Bonchev–Trinajstić information content (AvgIpc) is 2.03. The second kappa shape index (κ2) is 6.50. The fourth-order valence-corrected chi connectivity index (χ4v) is 1.58. The highest BCUT2D eigenvalue weighted by molar-refractivity contribution is 7.85. The van der Waals surface area contributed by atoms with E-state index in [1.807, 2.05) is 18.2 Å². The molecule has 0 fully saturated rings. The van der Waals surface area contributed by atoms with Gasteiger partial charge in [-0.3, -0.25) is 9.54 Å². The van der Waals surface area contributed by atoms with Gasteiger partial charge in [0.1, 0.15) is 0 Å². The number of nitrogens with zero attached hydrogens (tertiary/aromatic N) is 1. The van der Waals surface area contributed by atoms with Crippen molar-refractivity contribution in [2.75, 3.05) is 5.75 Å². The molecule has 0 aliphatic carbocycles. The lowest BCUT2D eigenvalue weighted by Gasteiger charge is -1.97. The Morgan fingerprint density at radius 1 is 1.21 bits per heavy atom. The van der Waals surface area contributed by atoms with Crippen molar-refractivity contribution in [1.29, 1.82) is 0 Å². The molecule has 80 valence electrons. The molecule has 0 bridgehead atoms. The number of pyridine rings is 1. The van der Waals surface area contributed by atoms with Crippen molar-refractivity contribution in [2.45, 2.75) is 13.8 Å². The minimum absolute atomic E-state index is 0.00463. The fraction of sp³-hybridized carbons (Fsp3) is 0.444. The van der Waals surface area contributed by atoms with Crippen molar-refractivity contribution in [2.24, 2.45) is 5.92 Å². The Balaban J connectivity index is 0.000000249. The van der Waals surface area contributed by atoms with Crippen LogP contribution in [-0.2, 0) is 10.1 Å². The van der Waals surface area contributed by atoms with Gasteiger partial charge >= 0.3 is 0 Å². The number of hydrogen-bond donors (Lipinski definition) is 1. The van der Waals surface area contributed by atoms with Crippen LogP contribution in [0.1, 0.15) is 13.8 Å². The largest absolute Gasteiger partial charge is 0.286 e. The highest BCUT2D eigenvalue weighted by Crippen LogP contribution is 1.95. The molecule has 0 unspecified atom stereocenters. The lowest BCUT2D eigenvalue weighted by Crippen LogP contribution is -2.09. The molecule has 0 amide bonds. The summed E-state index contributed by atoms with van der Waals surface area (Å²) in [6.45, 7) is 3.46. The average molecular weight is 217 g/mol. The molecule has 1 N–H and O–H groups in total. The normalized spacial score (nSPS) is 10.6. The first-order chi connectivity index (χ1) is 6.42. The molecular weight excluding hydrogens is 202 g/mol. The van der Waals surface area contributed by atoms with Crippen molar-refractivity contribution in [3.05, 3.63) is 30.6 Å². The maximum Gasteiger partial charge on any atom is 0.265 e. The highest BCUT2D eigenvalue weighted by Gasteiger charge is 2.05. The maximum absolute atomic E-state index is 10.00. The van der Waals surface area contributed by atoms with Crippen LogP contribution in [0, 0.1) is 5.92 Å². The van der Waals surface area contributed by atoms with Crippen LogP contribution in [0.15, 0.2) is 30.6 Å². The van der Waals surface area contributed by atoms with E-state index >= 15 is 0 Å². The monoisotopic (exact) mass is 217 g/mol. The third kappa shape index (κ3) is 11.1. The second-order valence-corrected chi connectivity index (χ2v) is 4.66. The molecule has 0 aromatic carbocycles. The van der Waals surface area contributed by atoms with Crippen LogP contribution in [0.4, 0.5) is 0 Å². The van der Waals surface area contributed by atoms with E-state index < -0.39 is 10.1 Å². The van der Waals surface area contributed by atoms with Crippen LogP contribution in [-0.4, -0.2) is 23.7 Å². The maximum atomic E-state index is 10.00. The van der Waals surface area contributed by atoms with E-state index in [2.05, 4.69) is 4.98 Å². The molecule has 0 radical (unpaired) electrons. The molecule has 1 heterocycles. The smallest absolute Gasteiger partial charge is 0.265 e. The van der Waals surface area contributed by atoms with E-state index in [0.29, 0.717) is 0 Å². The minimum Gasteiger partial charge on any atom is -0.286 e. The summed E-state index contributed by atoms with van der Waals surface area (Å²) >= 11 is 0. The van der Waals surface area contributed by atoms with Crippen molar-refractivity contribution in [3.63, 3.8) is 0 Å². The third-order valence-electron chi connectivity index (χ3n) is 1.11.